The second kappa shape index (κ2) is 8.61. The summed E-state index contributed by atoms with van der Waals surface area (Å²) in [6.45, 7) is 10.9. The molecule has 1 aromatic rings. The lowest BCUT2D eigenvalue weighted by Gasteiger charge is -2.37. The summed E-state index contributed by atoms with van der Waals surface area (Å²) in [5, 5.41) is 0. The summed E-state index contributed by atoms with van der Waals surface area (Å²) in [4.78, 5) is 23.4. The molecule has 3 rings (SSSR count). The molecular weight excluding hydrogens is 342 g/mol. The van der Waals surface area contributed by atoms with Gasteiger partial charge in [-0.25, -0.2) is 9.78 Å². The van der Waals surface area contributed by atoms with Crippen LogP contribution in [-0.4, -0.2) is 82.3 Å². The summed E-state index contributed by atoms with van der Waals surface area (Å²) >= 11 is 0. The quantitative estimate of drug-likeness (QED) is 0.695. The average Bonchev–Trinajstić information content (AvgIpc) is 3.13. The third kappa shape index (κ3) is 5.23. The summed E-state index contributed by atoms with van der Waals surface area (Å²) in [6, 6.07) is 0. The van der Waals surface area contributed by atoms with Crippen molar-refractivity contribution >= 4 is 6.09 Å². The number of aryl methyl sites for hydroxylation is 1. The van der Waals surface area contributed by atoms with E-state index in [2.05, 4.69) is 40.2 Å². The lowest BCUT2D eigenvalue weighted by molar-refractivity contribution is -0.00195. The monoisotopic (exact) mass is 377 g/mol. The number of aromatic nitrogens is 2. The van der Waals surface area contributed by atoms with E-state index in [-0.39, 0.29) is 11.7 Å². The van der Waals surface area contributed by atoms with E-state index in [0.717, 1.165) is 70.9 Å². The van der Waals surface area contributed by atoms with Gasteiger partial charge in [0, 0.05) is 58.5 Å². The minimum absolute atomic E-state index is 0.126. The van der Waals surface area contributed by atoms with Crippen molar-refractivity contribution in [2.75, 3.05) is 46.3 Å². The molecule has 0 atom stereocenters. The number of ether oxygens (including phenoxy) is 1. The van der Waals surface area contributed by atoms with E-state index in [1.54, 1.807) is 0 Å². The van der Waals surface area contributed by atoms with Crippen LogP contribution in [0.5, 0.6) is 0 Å². The molecule has 2 fully saturated rings. The Balaban J connectivity index is 1.43. The van der Waals surface area contributed by atoms with Crippen LogP contribution in [0.25, 0.3) is 0 Å². The second-order valence-corrected chi connectivity index (χ2v) is 8.71. The molecule has 3 heterocycles. The van der Waals surface area contributed by atoms with Crippen LogP contribution in [0.2, 0.25) is 0 Å². The fraction of sp³-hybridized carbons (Fsp3) is 0.800. The molecule has 0 bridgehead atoms. The van der Waals surface area contributed by atoms with E-state index in [9.17, 15) is 4.79 Å². The Hall–Kier alpha value is -1.60. The van der Waals surface area contributed by atoms with Crippen molar-refractivity contribution < 1.29 is 9.53 Å². The van der Waals surface area contributed by atoms with Gasteiger partial charge in [0.1, 0.15) is 11.4 Å². The zero-order valence-electron chi connectivity index (χ0n) is 17.4. The highest BCUT2D eigenvalue weighted by Gasteiger charge is 2.46. The summed E-state index contributed by atoms with van der Waals surface area (Å²) in [7, 11) is 4.18. The maximum atomic E-state index is 12.3. The minimum atomic E-state index is -0.279. The molecule has 2 aliphatic rings. The summed E-state index contributed by atoms with van der Waals surface area (Å²) in [6.07, 6.45) is 6.52. The molecule has 0 aromatic carbocycles. The zero-order chi connectivity index (χ0) is 19.4. The number of carbonyl (C=O) groups excluding carboxylic acids is 1. The Labute approximate surface area is 163 Å². The Kier molecular flexibility index (Phi) is 6.42. The smallest absolute Gasteiger partial charge is 0.410 e. The van der Waals surface area contributed by atoms with E-state index in [4.69, 9.17) is 4.74 Å². The van der Waals surface area contributed by atoms with Gasteiger partial charge < -0.3 is 19.1 Å². The maximum Gasteiger partial charge on any atom is 0.410 e. The molecule has 7 nitrogen and oxygen atoms in total. The molecule has 1 aromatic heterocycles. The van der Waals surface area contributed by atoms with Crippen molar-refractivity contribution in [3.63, 3.8) is 0 Å². The number of carbonyl (C=O) groups is 1. The predicted molar refractivity (Wildman–Crippen MR) is 105 cm³/mol. The second-order valence-electron chi connectivity index (χ2n) is 8.71. The van der Waals surface area contributed by atoms with Crippen LogP contribution in [-0.2, 0) is 18.3 Å². The molecule has 0 radical (unpaired) electrons. The number of amides is 1. The molecule has 27 heavy (non-hydrogen) atoms. The fourth-order valence-electron chi connectivity index (χ4n) is 4.24. The molecule has 2 saturated heterocycles. The van der Waals surface area contributed by atoms with Gasteiger partial charge in [0.15, 0.2) is 0 Å². The molecule has 152 valence electrons. The molecule has 0 aliphatic carbocycles. The van der Waals surface area contributed by atoms with Crippen LogP contribution in [0.15, 0.2) is 12.4 Å². The lowest BCUT2D eigenvalue weighted by Crippen LogP contribution is -2.46. The number of piperidine rings is 1. The van der Waals surface area contributed by atoms with Crippen molar-refractivity contribution in [1.29, 1.82) is 0 Å². The Morgan fingerprint density at radius 3 is 2.70 bits per heavy atom. The first kappa shape index (κ1) is 20.1. The van der Waals surface area contributed by atoms with E-state index >= 15 is 0 Å². The highest BCUT2D eigenvalue weighted by molar-refractivity contribution is 5.70. The van der Waals surface area contributed by atoms with Crippen LogP contribution >= 0.6 is 0 Å². The van der Waals surface area contributed by atoms with Crippen molar-refractivity contribution in [2.24, 2.45) is 13.0 Å². The highest BCUT2D eigenvalue weighted by atomic mass is 16.6. The third-order valence-electron chi connectivity index (χ3n) is 5.74. The number of nitrogens with zero attached hydrogens (tertiary/aromatic N) is 5. The van der Waals surface area contributed by atoms with Crippen LogP contribution in [0.4, 0.5) is 4.79 Å². The molecule has 0 saturated carbocycles. The number of likely N-dealkylation sites (tertiary alicyclic amines) is 1. The van der Waals surface area contributed by atoms with Gasteiger partial charge in [0.25, 0.3) is 0 Å². The number of rotatable bonds is 8. The zero-order valence-corrected chi connectivity index (χ0v) is 17.4. The first-order chi connectivity index (χ1) is 12.9. The largest absolute Gasteiger partial charge is 0.441 e. The van der Waals surface area contributed by atoms with Crippen LogP contribution in [0, 0.1) is 5.92 Å². The molecular formula is C20H35N5O2. The Morgan fingerprint density at radius 2 is 2.07 bits per heavy atom. The summed E-state index contributed by atoms with van der Waals surface area (Å²) in [5.41, 5.74) is -0.279. The molecule has 1 spiro atoms. The normalized spacial score (nSPS) is 20.2. The van der Waals surface area contributed by atoms with Gasteiger partial charge in [0.05, 0.1) is 13.1 Å². The Bertz CT molecular complexity index is 622. The molecule has 2 aliphatic heterocycles. The fourth-order valence-corrected chi connectivity index (χ4v) is 4.24. The summed E-state index contributed by atoms with van der Waals surface area (Å²) in [5.74, 6) is 1.76. The van der Waals surface area contributed by atoms with E-state index < -0.39 is 0 Å². The van der Waals surface area contributed by atoms with E-state index in [1.807, 2.05) is 24.3 Å². The van der Waals surface area contributed by atoms with Crippen molar-refractivity contribution in [3.05, 3.63) is 18.2 Å². The lowest BCUT2D eigenvalue weighted by atomic mass is 9.91. The van der Waals surface area contributed by atoms with Gasteiger partial charge in [-0.2, -0.15) is 0 Å². The van der Waals surface area contributed by atoms with Crippen molar-refractivity contribution in [2.45, 2.75) is 45.3 Å². The van der Waals surface area contributed by atoms with Gasteiger partial charge in [-0.1, -0.05) is 13.8 Å². The van der Waals surface area contributed by atoms with E-state index in [0.29, 0.717) is 5.92 Å². The number of hydrogen-bond acceptors (Lipinski definition) is 5. The number of imidazole rings is 1. The molecule has 1 amide bonds. The van der Waals surface area contributed by atoms with E-state index in [1.165, 1.54) is 0 Å². The van der Waals surface area contributed by atoms with Gasteiger partial charge in [0.2, 0.25) is 0 Å². The third-order valence-corrected chi connectivity index (χ3v) is 5.74. The number of hydrogen-bond donors (Lipinski definition) is 0. The maximum absolute atomic E-state index is 12.3. The van der Waals surface area contributed by atoms with Gasteiger partial charge >= 0.3 is 6.09 Å². The van der Waals surface area contributed by atoms with Crippen LogP contribution in [0.1, 0.15) is 38.9 Å². The topological polar surface area (TPSA) is 53.8 Å². The standard InChI is InChI=1S/C20H35N5O2/c1-17(2)14-22(3)9-5-10-25-16-20(27-19(25)26)6-11-24(12-7-20)15-18-21-8-13-23(18)4/h8,13,17H,5-7,9-12,14-16H2,1-4H3. The van der Waals surface area contributed by atoms with Crippen molar-refractivity contribution in [3.8, 4) is 0 Å². The summed E-state index contributed by atoms with van der Waals surface area (Å²) < 4.78 is 7.93. The molecule has 0 N–H and O–H groups in total. The van der Waals surface area contributed by atoms with Crippen LogP contribution < -0.4 is 0 Å². The Morgan fingerprint density at radius 1 is 1.33 bits per heavy atom. The molecule has 7 heteroatoms. The first-order valence-electron chi connectivity index (χ1n) is 10.2. The van der Waals surface area contributed by atoms with Gasteiger partial charge in [-0.3, -0.25) is 4.90 Å². The average molecular weight is 378 g/mol. The van der Waals surface area contributed by atoms with Gasteiger partial charge in [-0.15, -0.1) is 0 Å². The molecule has 0 unspecified atom stereocenters. The SMILES string of the molecule is CC(C)CN(C)CCCN1CC2(CCN(Cc3nccn3C)CC2)OC1=O. The van der Waals surface area contributed by atoms with Crippen LogP contribution in [0.3, 0.4) is 0 Å². The first-order valence-corrected chi connectivity index (χ1v) is 10.2. The highest BCUT2D eigenvalue weighted by Crippen LogP contribution is 2.33. The predicted octanol–water partition coefficient (Wildman–Crippen LogP) is 2.18. The van der Waals surface area contributed by atoms with Crippen molar-refractivity contribution in [1.82, 2.24) is 24.3 Å². The minimum Gasteiger partial charge on any atom is -0.441 e. The van der Waals surface area contributed by atoms with Gasteiger partial charge in [-0.05, 0) is 25.9 Å².